The molecule has 0 aliphatic rings. The van der Waals surface area contributed by atoms with Gasteiger partial charge < -0.3 is 22.1 Å². The average Bonchev–Trinajstić information content (AvgIpc) is 3.48. The average molecular weight is 721 g/mol. The van der Waals surface area contributed by atoms with Crippen molar-refractivity contribution in [2.75, 3.05) is 11.5 Å². The van der Waals surface area contributed by atoms with Crippen LogP contribution in [0.3, 0.4) is 0 Å². The van der Waals surface area contributed by atoms with Crippen molar-refractivity contribution < 1.29 is 53.7 Å². The smallest absolute Gasteiger partial charge is 0.870 e. The van der Waals surface area contributed by atoms with E-state index in [1.807, 2.05) is 0 Å². The number of benzene rings is 4. The van der Waals surface area contributed by atoms with Crippen molar-refractivity contribution in [2.24, 2.45) is 0 Å². The number of aromatic nitrogens is 4. The third-order valence-corrected chi connectivity index (χ3v) is 7.40. The van der Waals surface area contributed by atoms with Gasteiger partial charge in [0.25, 0.3) is 0 Å². The summed E-state index contributed by atoms with van der Waals surface area (Å²) in [6.07, 6.45) is 0. The van der Waals surface area contributed by atoms with Crippen LogP contribution in [0.5, 0.6) is 0 Å². The maximum atomic E-state index is 13.0. The Balaban J connectivity index is 0.000000225. The number of aromatic carboxylic acids is 1. The van der Waals surface area contributed by atoms with E-state index in [0.717, 1.165) is 0 Å². The molecular weight excluding hydrogens is 703 g/mol. The standard InChI is InChI=1S/C14H8BrFN4.C14H9BrFN3O2.Na.H2O/c15-11-5-10-13(6-12(11)18)19-20(14(10)7-17)9-3-1-8(16)2-4-9;15-10-5-9-12(6-11(10)17)18-19(13(9)14(20)21)8-3-1-7(16)2-4-8;;/h1-6H,18H2;1-6H,17H2,(H,20,21);;1H2/q;;+1;/p-1. The zero-order valence-electron chi connectivity index (χ0n) is 22.1. The number of carbonyl (C=O) groups is 1. The summed E-state index contributed by atoms with van der Waals surface area (Å²) in [6.45, 7) is 0. The van der Waals surface area contributed by atoms with Crippen molar-refractivity contribution in [2.45, 2.75) is 0 Å². The molecule has 0 fully saturated rings. The Morgan fingerprint density at radius 2 is 1.21 bits per heavy atom. The van der Waals surface area contributed by atoms with E-state index in [1.54, 1.807) is 36.4 Å². The fourth-order valence-corrected chi connectivity index (χ4v) is 4.78. The molecule has 6 N–H and O–H groups in total. The van der Waals surface area contributed by atoms with Gasteiger partial charge in [-0.05, 0) is 105 Å². The van der Waals surface area contributed by atoms with E-state index < -0.39 is 11.8 Å². The first-order valence-corrected chi connectivity index (χ1v) is 13.3. The van der Waals surface area contributed by atoms with Crippen molar-refractivity contribution in [3.05, 3.63) is 105 Å². The van der Waals surface area contributed by atoms with E-state index >= 15 is 0 Å². The maximum absolute atomic E-state index is 13.0. The molecule has 2 aromatic heterocycles. The quantitative estimate of drug-likeness (QED) is 0.184. The maximum Gasteiger partial charge on any atom is 1.00 e. The molecule has 0 atom stereocenters. The number of nitriles is 1. The summed E-state index contributed by atoms with van der Waals surface area (Å²) in [6, 6.07) is 20.0. The van der Waals surface area contributed by atoms with Crippen molar-refractivity contribution in [3.8, 4) is 17.4 Å². The molecule has 0 amide bonds. The molecule has 15 heteroatoms. The topological polar surface area (TPSA) is 179 Å². The van der Waals surface area contributed by atoms with Gasteiger partial charge in [0.05, 0.1) is 22.4 Å². The fraction of sp³-hybridized carbons (Fsp3) is 0. The summed E-state index contributed by atoms with van der Waals surface area (Å²) >= 11 is 6.60. The van der Waals surface area contributed by atoms with Gasteiger partial charge in [0.15, 0.2) is 11.4 Å². The van der Waals surface area contributed by atoms with Gasteiger partial charge in [-0.1, -0.05) is 0 Å². The van der Waals surface area contributed by atoms with Crippen molar-refractivity contribution in [1.29, 1.82) is 5.26 Å². The fourth-order valence-electron chi connectivity index (χ4n) is 4.10. The monoisotopic (exact) mass is 719 g/mol. The minimum absolute atomic E-state index is 0. The number of nitrogen functional groups attached to an aromatic ring is 2. The molecule has 0 radical (unpaired) electrons. The predicted octanol–water partition coefficient (Wildman–Crippen LogP) is 3.42. The summed E-state index contributed by atoms with van der Waals surface area (Å²) in [5, 5.41) is 28.5. The van der Waals surface area contributed by atoms with E-state index in [1.165, 1.54) is 45.8 Å². The van der Waals surface area contributed by atoms with E-state index in [0.29, 0.717) is 59.2 Å². The molecule has 0 unspecified atom stereocenters. The van der Waals surface area contributed by atoms with Gasteiger partial charge >= 0.3 is 35.5 Å². The molecular formula is C28H18Br2F2N7NaO3. The van der Waals surface area contributed by atoms with Gasteiger partial charge in [-0.2, -0.15) is 15.5 Å². The second-order valence-electron chi connectivity index (χ2n) is 8.67. The molecule has 0 bridgehead atoms. The van der Waals surface area contributed by atoms with Crippen LogP contribution < -0.4 is 41.0 Å². The number of carboxylic acid groups (broad SMARTS) is 1. The van der Waals surface area contributed by atoms with Crippen molar-refractivity contribution in [3.63, 3.8) is 0 Å². The summed E-state index contributed by atoms with van der Waals surface area (Å²) in [5.74, 6) is -1.87. The SMILES string of the molecule is N#Cc1c2cc(Br)c(N)cc2nn1-c1ccc(F)cc1.Nc1cc2nn(-c3ccc(F)cc3)c(C(=O)O)c2cc1Br.[Na+].[OH-]. The van der Waals surface area contributed by atoms with E-state index in [4.69, 9.17) is 11.5 Å². The summed E-state index contributed by atoms with van der Waals surface area (Å²) in [5.41, 5.74) is 15.1. The number of nitrogens with zero attached hydrogens (tertiary/aromatic N) is 5. The van der Waals surface area contributed by atoms with E-state index in [-0.39, 0.29) is 46.5 Å². The third kappa shape index (κ3) is 6.72. The number of hydrogen-bond acceptors (Lipinski definition) is 7. The molecule has 43 heavy (non-hydrogen) atoms. The first-order valence-electron chi connectivity index (χ1n) is 11.7. The van der Waals surface area contributed by atoms with Gasteiger partial charge in [0, 0.05) is 31.1 Å². The Kier molecular flexibility index (Phi) is 10.7. The minimum atomic E-state index is -1.13. The van der Waals surface area contributed by atoms with Gasteiger partial charge in [-0.3, -0.25) is 0 Å². The molecule has 10 nitrogen and oxygen atoms in total. The summed E-state index contributed by atoms with van der Waals surface area (Å²) in [7, 11) is 0. The molecule has 0 spiro atoms. The molecule has 4 aromatic carbocycles. The molecule has 0 saturated heterocycles. The van der Waals surface area contributed by atoms with Crippen LogP contribution in [0.4, 0.5) is 20.2 Å². The van der Waals surface area contributed by atoms with Crippen molar-refractivity contribution in [1.82, 2.24) is 19.6 Å². The van der Waals surface area contributed by atoms with Crippen LogP contribution in [0, 0.1) is 23.0 Å². The summed E-state index contributed by atoms with van der Waals surface area (Å²) in [4.78, 5) is 11.6. The first-order chi connectivity index (χ1) is 19.6. The molecule has 0 aliphatic carbocycles. The van der Waals surface area contributed by atoms with Crippen LogP contribution >= 0.6 is 31.9 Å². The van der Waals surface area contributed by atoms with Crippen LogP contribution in [-0.4, -0.2) is 36.1 Å². The Morgan fingerprint density at radius 1 is 0.791 bits per heavy atom. The number of anilines is 2. The Hall–Kier alpha value is -3.84. The van der Waals surface area contributed by atoms with Crippen LogP contribution in [0.15, 0.2) is 81.7 Å². The second kappa shape index (κ2) is 13.6. The van der Waals surface area contributed by atoms with Gasteiger partial charge in [-0.25, -0.2) is 22.9 Å². The molecule has 6 aromatic rings. The van der Waals surface area contributed by atoms with Crippen LogP contribution in [0.2, 0.25) is 0 Å². The first kappa shape index (κ1) is 33.7. The number of carboxylic acids is 1. The van der Waals surface area contributed by atoms with Crippen LogP contribution in [0.25, 0.3) is 33.2 Å². The summed E-state index contributed by atoms with van der Waals surface area (Å²) < 4.78 is 30.0. The zero-order chi connectivity index (χ0) is 29.4. The Morgan fingerprint density at radius 3 is 1.67 bits per heavy atom. The van der Waals surface area contributed by atoms with Gasteiger partial charge in [0.1, 0.15) is 17.7 Å². The molecule has 2 heterocycles. The number of hydrogen-bond donors (Lipinski definition) is 3. The molecule has 0 aliphatic heterocycles. The Labute approximate surface area is 281 Å². The van der Waals surface area contributed by atoms with E-state index in [9.17, 15) is 23.9 Å². The Bertz CT molecular complexity index is 2010. The number of halogens is 4. The zero-order valence-corrected chi connectivity index (χ0v) is 27.3. The largest absolute Gasteiger partial charge is 1.00 e. The van der Waals surface area contributed by atoms with Gasteiger partial charge in [0.2, 0.25) is 0 Å². The normalized spacial score (nSPS) is 10.3. The van der Waals surface area contributed by atoms with E-state index in [2.05, 4.69) is 48.1 Å². The number of rotatable bonds is 3. The predicted molar refractivity (Wildman–Crippen MR) is 160 cm³/mol. The molecule has 0 saturated carbocycles. The minimum Gasteiger partial charge on any atom is -0.870 e. The van der Waals surface area contributed by atoms with Crippen LogP contribution in [-0.2, 0) is 0 Å². The molecule has 6 rings (SSSR count). The number of nitrogens with two attached hydrogens (primary N) is 2. The molecule has 212 valence electrons. The van der Waals surface area contributed by atoms with Crippen molar-refractivity contribution >= 4 is 71.0 Å². The third-order valence-electron chi connectivity index (χ3n) is 6.03. The van der Waals surface area contributed by atoms with Gasteiger partial charge in [-0.15, -0.1) is 0 Å². The number of fused-ring (bicyclic) bond motifs is 2. The second-order valence-corrected chi connectivity index (χ2v) is 10.4. The van der Waals surface area contributed by atoms with Crippen LogP contribution in [0.1, 0.15) is 16.2 Å².